The zero-order chi connectivity index (χ0) is 14.3. The number of nitrogens with zero attached hydrogens (tertiary/aromatic N) is 1. The van der Waals surface area contributed by atoms with Crippen LogP contribution in [-0.4, -0.2) is 52.0 Å². The van der Waals surface area contributed by atoms with E-state index in [2.05, 4.69) is 20.6 Å². The molecule has 1 atom stereocenters. The van der Waals surface area contributed by atoms with Crippen molar-refractivity contribution in [2.45, 2.75) is 12.5 Å². The molecule has 0 aliphatic heterocycles. The molecule has 0 radical (unpaired) electrons. The zero-order valence-corrected chi connectivity index (χ0v) is 11.4. The number of carboxylic acid groups (broad SMARTS) is 1. The molecule has 0 saturated heterocycles. The van der Waals surface area contributed by atoms with Crippen LogP contribution in [0.1, 0.15) is 5.69 Å². The molecule has 20 heavy (non-hydrogen) atoms. The van der Waals surface area contributed by atoms with E-state index < -0.39 is 23.8 Å². The van der Waals surface area contributed by atoms with Crippen LogP contribution in [0.4, 0.5) is 0 Å². The van der Waals surface area contributed by atoms with E-state index >= 15 is 0 Å². The fourth-order valence-corrected chi connectivity index (χ4v) is 1.31. The van der Waals surface area contributed by atoms with Crippen molar-refractivity contribution < 1.29 is 36.0 Å². The molecule has 114 valence electrons. The summed E-state index contributed by atoms with van der Waals surface area (Å²) in [5, 5.41) is 13.5. The molecule has 1 aromatic rings. The van der Waals surface area contributed by atoms with Crippen molar-refractivity contribution in [3.8, 4) is 0 Å². The minimum atomic E-state index is -1.17. The van der Waals surface area contributed by atoms with Gasteiger partial charge >= 0.3 is 5.97 Å². The molecule has 0 saturated carbocycles. The number of aromatic nitrogens is 2. The van der Waals surface area contributed by atoms with Gasteiger partial charge in [-0.05, 0) is 0 Å². The van der Waals surface area contributed by atoms with Gasteiger partial charge in [0.25, 0.3) is 0 Å². The molecule has 0 aliphatic carbocycles. The van der Waals surface area contributed by atoms with E-state index in [9.17, 15) is 14.4 Å². The monoisotopic (exact) mass is 327 g/mol. The minimum Gasteiger partial charge on any atom is -0.480 e. The zero-order valence-electron chi connectivity index (χ0n) is 10.4. The Hall–Kier alpha value is -1.93. The van der Waals surface area contributed by atoms with E-state index in [1.807, 2.05) is 0 Å². The smallest absolute Gasteiger partial charge is 0.326 e. The summed E-state index contributed by atoms with van der Waals surface area (Å²) >= 11 is 0. The second-order valence-corrected chi connectivity index (χ2v) is 3.72. The summed E-state index contributed by atoms with van der Waals surface area (Å²) in [6.45, 7) is -0.549. The summed E-state index contributed by atoms with van der Waals surface area (Å²) in [6, 6.07) is -1.09. The van der Waals surface area contributed by atoms with Crippen molar-refractivity contribution in [3.05, 3.63) is 18.2 Å². The standard InChI is InChI=1S/C10H15N5O4.Ni/c11-2-8(16)13-4-9(17)15-7(10(18)19)1-6-3-12-5-14-6;/h3,5,7H,1-2,4,11H2,(H,12,14)(H,13,16)(H,15,17)(H,18,19);/t7-;/m0./s1. The van der Waals surface area contributed by atoms with Crippen molar-refractivity contribution >= 4 is 17.8 Å². The number of aromatic amines is 1. The fourth-order valence-electron chi connectivity index (χ4n) is 1.31. The second-order valence-electron chi connectivity index (χ2n) is 3.72. The van der Waals surface area contributed by atoms with Gasteiger partial charge in [0.15, 0.2) is 0 Å². The third kappa shape index (κ3) is 6.30. The molecule has 1 aromatic heterocycles. The van der Waals surface area contributed by atoms with Gasteiger partial charge in [0.1, 0.15) is 6.04 Å². The maximum Gasteiger partial charge on any atom is 0.326 e. The van der Waals surface area contributed by atoms with Gasteiger partial charge in [-0.3, -0.25) is 9.59 Å². The minimum absolute atomic E-state index is 0. The van der Waals surface area contributed by atoms with Crippen LogP contribution in [0.3, 0.4) is 0 Å². The van der Waals surface area contributed by atoms with Gasteiger partial charge in [0, 0.05) is 34.8 Å². The van der Waals surface area contributed by atoms with Crippen LogP contribution in [0, 0.1) is 0 Å². The topological polar surface area (TPSA) is 150 Å². The van der Waals surface area contributed by atoms with Gasteiger partial charge in [-0.15, -0.1) is 0 Å². The maximum atomic E-state index is 11.5. The van der Waals surface area contributed by atoms with Crippen LogP contribution in [0.2, 0.25) is 0 Å². The average Bonchev–Trinajstić information content (AvgIpc) is 2.87. The first kappa shape index (κ1) is 18.1. The number of nitrogens with two attached hydrogens (primary N) is 1. The van der Waals surface area contributed by atoms with Crippen LogP contribution in [0.15, 0.2) is 12.5 Å². The molecule has 0 aromatic carbocycles. The van der Waals surface area contributed by atoms with Gasteiger partial charge in [0.2, 0.25) is 11.8 Å². The predicted octanol–water partition coefficient (Wildman–Crippen LogP) is -2.41. The van der Waals surface area contributed by atoms with Gasteiger partial charge in [-0.25, -0.2) is 9.78 Å². The molecule has 0 aliphatic rings. The van der Waals surface area contributed by atoms with Crippen LogP contribution >= 0.6 is 0 Å². The summed E-state index contributed by atoms with van der Waals surface area (Å²) in [6.07, 6.45) is 2.96. The van der Waals surface area contributed by atoms with Crippen LogP contribution in [0.25, 0.3) is 0 Å². The fraction of sp³-hybridized carbons (Fsp3) is 0.400. The third-order valence-electron chi connectivity index (χ3n) is 2.24. The number of imidazole rings is 1. The first-order valence-electron chi connectivity index (χ1n) is 5.49. The summed E-state index contributed by atoms with van der Waals surface area (Å²) in [5.74, 6) is -2.27. The summed E-state index contributed by atoms with van der Waals surface area (Å²) in [7, 11) is 0. The molecule has 1 rings (SSSR count). The van der Waals surface area contributed by atoms with Crippen molar-refractivity contribution in [1.29, 1.82) is 0 Å². The Labute approximate surface area is 124 Å². The molecular formula is C10H15N5NiO4. The number of carbonyl (C=O) groups excluding carboxylic acids is 2. The molecule has 6 N–H and O–H groups in total. The van der Waals surface area contributed by atoms with Crippen molar-refractivity contribution in [3.63, 3.8) is 0 Å². The Morgan fingerprint density at radius 3 is 2.60 bits per heavy atom. The van der Waals surface area contributed by atoms with E-state index in [4.69, 9.17) is 10.8 Å². The first-order valence-corrected chi connectivity index (χ1v) is 5.49. The van der Waals surface area contributed by atoms with Gasteiger partial charge in [-0.2, -0.15) is 0 Å². The molecule has 0 spiro atoms. The van der Waals surface area contributed by atoms with Crippen LogP contribution in [-0.2, 0) is 37.3 Å². The Balaban J connectivity index is 0.00000361. The number of hydrogen-bond donors (Lipinski definition) is 5. The average molecular weight is 328 g/mol. The predicted molar refractivity (Wildman–Crippen MR) is 63.9 cm³/mol. The van der Waals surface area contributed by atoms with Gasteiger partial charge < -0.3 is 26.5 Å². The number of amides is 2. The number of aliphatic carboxylic acids is 1. The number of hydrogen-bond acceptors (Lipinski definition) is 5. The quantitative estimate of drug-likeness (QED) is 0.352. The Kier molecular flexibility index (Phi) is 8.18. The molecular weight excluding hydrogens is 313 g/mol. The summed E-state index contributed by atoms with van der Waals surface area (Å²) in [5.41, 5.74) is 5.63. The van der Waals surface area contributed by atoms with Crippen LogP contribution < -0.4 is 16.4 Å². The van der Waals surface area contributed by atoms with Gasteiger partial charge in [0.05, 0.1) is 19.4 Å². The second kappa shape index (κ2) is 9.05. The van der Waals surface area contributed by atoms with Crippen molar-refractivity contribution in [1.82, 2.24) is 20.6 Å². The molecule has 0 bridgehead atoms. The van der Waals surface area contributed by atoms with E-state index in [0.717, 1.165) is 0 Å². The molecule has 1 heterocycles. The number of carbonyl (C=O) groups is 3. The molecule has 0 unspecified atom stereocenters. The van der Waals surface area contributed by atoms with E-state index in [-0.39, 0.29) is 36.0 Å². The van der Waals surface area contributed by atoms with Crippen molar-refractivity contribution in [2.24, 2.45) is 5.73 Å². The summed E-state index contributed by atoms with van der Waals surface area (Å²) < 4.78 is 0. The maximum absolute atomic E-state index is 11.5. The van der Waals surface area contributed by atoms with Crippen LogP contribution in [0.5, 0.6) is 0 Å². The largest absolute Gasteiger partial charge is 0.480 e. The number of rotatable bonds is 7. The Bertz CT molecular complexity index is 451. The number of H-pyrrole nitrogens is 1. The number of nitrogens with one attached hydrogen (secondary N) is 3. The first-order chi connectivity index (χ1) is 9.02. The molecule has 9 nitrogen and oxygen atoms in total. The molecule has 10 heteroatoms. The normalized spacial score (nSPS) is 11.1. The van der Waals surface area contributed by atoms with E-state index in [1.54, 1.807) is 0 Å². The number of carboxylic acids is 1. The van der Waals surface area contributed by atoms with E-state index in [1.165, 1.54) is 12.5 Å². The molecule has 0 fully saturated rings. The SMILES string of the molecule is NCC(=O)NCC(=O)N[C@@H](Cc1cnc[nH]1)C(=O)O.[Ni]. The summed E-state index contributed by atoms with van der Waals surface area (Å²) in [4.78, 5) is 39.8. The Morgan fingerprint density at radius 1 is 1.40 bits per heavy atom. The molecule has 2 amide bonds. The third-order valence-corrected chi connectivity index (χ3v) is 2.24. The van der Waals surface area contributed by atoms with E-state index in [0.29, 0.717) is 5.69 Å². The van der Waals surface area contributed by atoms with Crippen molar-refractivity contribution in [2.75, 3.05) is 13.1 Å². The Morgan fingerprint density at radius 2 is 2.10 bits per heavy atom. The van der Waals surface area contributed by atoms with Gasteiger partial charge in [-0.1, -0.05) is 0 Å².